The van der Waals surface area contributed by atoms with E-state index in [9.17, 15) is 28.0 Å². The van der Waals surface area contributed by atoms with E-state index in [1.165, 1.54) is 12.8 Å². The van der Waals surface area contributed by atoms with Crippen molar-refractivity contribution in [3.63, 3.8) is 0 Å². The van der Waals surface area contributed by atoms with E-state index < -0.39 is 16.2 Å². The van der Waals surface area contributed by atoms with Crippen LogP contribution in [0, 0.1) is 46.3 Å². The molecule has 4 aliphatic carbocycles. The van der Waals surface area contributed by atoms with E-state index in [-0.39, 0.29) is 34.7 Å². The normalized spacial score (nSPS) is 46.7. The van der Waals surface area contributed by atoms with Gasteiger partial charge in [-0.3, -0.25) is 9.35 Å². The second-order valence-electron chi connectivity index (χ2n) is 14.0. The summed E-state index contributed by atoms with van der Waals surface area (Å²) in [5, 5.41) is 22.0. The van der Waals surface area contributed by atoms with Gasteiger partial charge in [0.25, 0.3) is 10.1 Å². The van der Waals surface area contributed by atoms with Crippen molar-refractivity contribution in [1.29, 1.82) is 0 Å². The van der Waals surface area contributed by atoms with Gasteiger partial charge in [-0.2, -0.15) is 8.42 Å². The van der Waals surface area contributed by atoms with Crippen LogP contribution >= 0.6 is 0 Å². The first-order valence-corrected chi connectivity index (χ1v) is 16.6. The Labute approximate surface area is 223 Å². The van der Waals surface area contributed by atoms with E-state index in [2.05, 4.69) is 20.8 Å². The van der Waals surface area contributed by atoms with Gasteiger partial charge in [-0.25, -0.2) is 0 Å². The molecule has 11 atom stereocenters. The van der Waals surface area contributed by atoms with Crippen molar-refractivity contribution in [2.24, 2.45) is 46.3 Å². The molecule has 1 amide bonds. The fourth-order valence-electron chi connectivity index (χ4n) is 10.4. The Morgan fingerprint density at radius 3 is 2.51 bits per heavy atom. The number of hydrogen-bond acceptors (Lipinski definition) is 5. The maximum absolute atomic E-state index is 13.1. The standard InChI is InChI=1S/C29H49NO6S/c1-18(6-11-27(33)30-14-4-5-20(30)17-37(34,35)36)23-9-10-24-22-8-7-19-15-21(31)12-13-28(19,2)25(22)16-26(32)29(23,24)3/h18-26,31-32H,4-17H2,1-3H3,(H,34,35,36)/t18-,19-,20-,21-,22+,23-,24+,25+,26+,28+,29-/m1/s1. The molecule has 5 fully saturated rings. The third kappa shape index (κ3) is 4.91. The highest BCUT2D eigenvalue weighted by atomic mass is 32.2. The summed E-state index contributed by atoms with van der Waals surface area (Å²) < 4.78 is 32.1. The number of hydrogen-bond donors (Lipinski definition) is 3. The fraction of sp³-hybridized carbons (Fsp3) is 0.966. The van der Waals surface area contributed by atoms with Crippen molar-refractivity contribution in [3.8, 4) is 0 Å². The Balaban J connectivity index is 1.24. The molecule has 37 heavy (non-hydrogen) atoms. The van der Waals surface area contributed by atoms with Crippen LogP contribution in [0.2, 0.25) is 0 Å². The van der Waals surface area contributed by atoms with Crippen LogP contribution in [0.5, 0.6) is 0 Å². The topological polar surface area (TPSA) is 115 Å². The lowest BCUT2D eigenvalue weighted by molar-refractivity contribution is -0.175. The maximum atomic E-state index is 13.1. The van der Waals surface area contributed by atoms with E-state index >= 15 is 0 Å². The molecule has 0 unspecified atom stereocenters. The summed E-state index contributed by atoms with van der Waals surface area (Å²) in [6.07, 6.45) is 10.5. The molecule has 0 aromatic rings. The molecule has 0 aromatic heterocycles. The summed E-state index contributed by atoms with van der Waals surface area (Å²) >= 11 is 0. The van der Waals surface area contributed by atoms with E-state index in [1.807, 2.05) is 0 Å². The van der Waals surface area contributed by atoms with Gasteiger partial charge in [0.15, 0.2) is 0 Å². The van der Waals surface area contributed by atoms with Crippen LogP contribution in [0.15, 0.2) is 0 Å². The minimum absolute atomic E-state index is 0.00677. The molecule has 0 aromatic carbocycles. The van der Waals surface area contributed by atoms with Gasteiger partial charge in [-0.05, 0) is 117 Å². The van der Waals surface area contributed by atoms with Crippen LogP contribution in [-0.4, -0.2) is 64.5 Å². The molecule has 1 aliphatic heterocycles. The molecule has 5 rings (SSSR count). The maximum Gasteiger partial charge on any atom is 0.266 e. The first-order valence-electron chi connectivity index (χ1n) is 14.9. The quantitative estimate of drug-likeness (QED) is 0.434. The second-order valence-corrected chi connectivity index (χ2v) is 15.5. The lowest BCUT2D eigenvalue weighted by atomic mass is 9.43. The van der Waals surface area contributed by atoms with Gasteiger partial charge in [-0.15, -0.1) is 0 Å². The van der Waals surface area contributed by atoms with Gasteiger partial charge >= 0.3 is 0 Å². The lowest BCUT2D eigenvalue weighted by Crippen LogP contribution is -2.58. The minimum Gasteiger partial charge on any atom is -0.393 e. The van der Waals surface area contributed by atoms with Crippen molar-refractivity contribution in [3.05, 3.63) is 0 Å². The Bertz CT molecular complexity index is 971. The van der Waals surface area contributed by atoms with Crippen LogP contribution in [0.4, 0.5) is 0 Å². The fourth-order valence-corrected chi connectivity index (χ4v) is 11.3. The zero-order valence-corrected chi connectivity index (χ0v) is 23.8. The average molecular weight is 540 g/mol. The second kappa shape index (κ2) is 10.0. The SMILES string of the molecule is C[C@H](CCC(=O)N1CCC[C@@H]1CS(=O)(=O)O)[C@H]1CC[C@H]2[C@@H]3CC[C@@H]4C[C@H](O)CC[C@]4(C)[C@H]3C[C@H](O)[C@]12C. The summed E-state index contributed by atoms with van der Waals surface area (Å²) in [4.78, 5) is 14.7. The van der Waals surface area contributed by atoms with Crippen LogP contribution in [-0.2, 0) is 14.9 Å². The van der Waals surface area contributed by atoms with Crippen molar-refractivity contribution in [2.75, 3.05) is 12.3 Å². The van der Waals surface area contributed by atoms with Crippen LogP contribution in [0.25, 0.3) is 0 Å². The van der Waals surface area contributed by atoms with Crippen molar-refractivity contribution in [1.82, 2.24) is 4.90 Å². The van der Waals surface area contributed by atoms with Crippen molar-refractivity contribution in [2.45, 2.75) is 116 Å². The number of amides is 1. The summed E-state index contributed by atoms with van der Waals surface area (Å²) in [6.45, 7) is 7.58. The Morgan fingerprint density at radius 2 is 1.78 bits per heavy atom. The molecule has 0 bridgehead atoms. The number of likely N-dealkylation sites (tertiary alicyclic amines) is 1. The molecule has 7 nitrogen and oxygen atoms in total. The third-order valence-electron chi connectivity index (χ3n) is 12.4. The monoisotopic (exact) mass is 539 g/mol. The Kier molecular flexibility index (Phi) is 7.56. The van der Waals surface area contributed by atoms with Crippen LogP contribution in [0.1, 0.15) is 97.8 Å². The highest BCUT2D eigenvalue weighted by Crippen LogP contribution is 2.68. The van der Waals surface area contributed by atoms with Crippen molar-refractivity contribution >= 4 is 16.0 Å². The predicted molar refractivity (Wildman–Crippen MR) is 142 cm³/mol. The molecule has 0 spiro atoms. The van der Waals surface area contributed by atoms with Crippen molar-refractivity contribution < 1.29 is 28.0 Å². The van der Waals surface area contributed by atoms with E-state index in [0.717, 1.165) is 51.4 Å². The first-order chi connectivity index (χ1) is 17.3. The molecule has 3 N–H and O–H groups in total. The van der Waals surface area contributed by atoms with Gasteiger partial charge < -0.3 is 15.1 Å². The number of fused-ring (bicyclic) bond motifs is 5. The Hall–Kier alpha value is -0.700. The smallest absolute Gasteiger partial charge is 0.266 e. The predicted octanol–water partition coefficient (Wildman–Crippen LogP) is 4.27. The molecule has 5 aliphatic rings. The van der Waals surface area contributed by atoms with E-state index in [1.54, 1.807) is 4.90 Å². The molecule has 0 radical (unpaired) electrons. The van der Waals surface area contributed by atoms with Gasteiger partial charge in [0.1, 0.15) is 0 Å². The highest BCUT2D eigenvalue weighted by Gasteiger charge is 2.63. The van der Waals surface area contributed by atoms with E-state index in [0.29, 0.717) is 54.9 Å². The number of nitrogens with zero attached hydrogens (tertiary/aromatic N) is 1. The minimum atomic E-state index is -4.10. The van der Waals surface area contributed by atoms with Gasteiger partial charge in [-0.1, -0.05) is 20.8 Å². The number of carbonyl (C=O) groups excluding carboxylic acids is 1. The number of rotatable bonds is 6. The summed E-state index contributed by atoms with van der Waals surface area (Å²) in [6, 6.07) is -0.416. The molecule has 4 saturated carbocycles. The molecule has 8 heteroatoms. The number of carbonyl (C=O) groups is 1. The third-order valence-corrected chi connectivity index (χ3v) is 13.2. The average Bonchev–Trinajstić information content (AvgIpc) is 3.42. The Morgan fingerprint density at radius 1 is 1.03 bits per heavy atom. The van der Waals surface area contributed by atoms with Crippen LogP contribution in [0.3, 0.4) is 0 Å². The molecule has 1 saturated heterocycles. The van der Waals surface area contributed by atoms with Gasteiger partial charge in [0, 0.05) is 19.0 Å². The summed E-state index contributed by atoms with van der Waals surface area (Å²) in [5.41, 5.74) is 0.108. The molecule has 212 valence electrons. The van der Waals surface area contributed by atoms with Gasteiger partial charge in [0.2, 0.25) is 5.91 Å². The molecule has 1 heterocycles. The van der Waals surface area contributed by atoms with Gasteiger partial charge in [0.05, 0.1) is 18.0 Å². The zero-order chi connectivity index (χ0) is 26.8. The largest absolute Gasteiger partial charge is 0.393 e. The lowest BCUT2D eigenvalue weighted by Gasteiger charge is -2.62. The van der Waals surface area contributed by atoms with E-state index in [4.69, 9.17) is 0 Å². The summed E-state index contributed by atoms with van der Waals surface area (Å²) in [5.74, 6) is 2.60. The van der Waals surface area contributed by atoms with Crippen LogP contribution < -0.4 is 0 Å². The zero-order valence-electron chi connectivity index (χ0n) is 23.0. The first kappa shape index (κ1) is 27.9. The number of aliphatic hydroxyl groups excluding tert-OH is 2. The molecular formula is C29H49NO6S. The number of aliphatic hydroxyl groups is 2. The summed E-state index contributed by atoms with van der Waals surface area (Å²) in [7, 11) is -4.10. The molecular weight excluding hydrogens is 490 g/mol. The highest BCUT2D eigenvalue weighted by molar-refractivity contribution is 7.85.